The molecule has 0 aromatic heterocycles. The van der Waals surface area contributed by atoms with Gasteiger partial charge in [-0.1, -0.05) is 6.92 Å². The molecule has 0 rings (SSSR count). The quantitative estimate of drug-likeness (QED) is 0.628. The molecule has 0 aromatic carbocycles. The molecule has 0 saturated carbocycles. The lowest BCUT2D eigenvalue weighted by Crippen LogP contribution is -2.33. The van der Waals surface area contributed by atoms with E-state index in [0.29, 0.717) is 24.9 Å². The van der Waals surface area contributed by atoms with Gasteiger partial charge in [0.2, 0.25) is 0 Å². The van der Waals surface area contributed by atoms with Gasteiger partial charge in [0.15, 0.2) is 0 Å². The van der Waals surface area contributed by atoms with Crippen LogP contribution < -0.4 is 0 Å². The average molecular weight is 244 g/mol. The summed E-state index contributed by atoms with van der Waals surface area (Å²) in [5, 5.41) is 8.71. The third-order valence-corrected chi connectivity index (χ3v) is 2.57. The van der Waals surface area contributed by atoms with E-state index in [-0.39, 0.29) is 13.2 Å². The van der Waals surface area contributed by atoms with Crippen molar-refractivity contribution in [2.75, 3.05) is 32.1 Å². The molecule has 0 amide bonds. The predicted molar refractivity (Wildman–Crippen MR) is 58.6 cm³/mol. The Hall–Kier alpha value is 0.0700. The first-order valence-corrected chi connectivity index (χ1v) is 5.81. The van der Waals surface area contributed by atoms with Gasteiger partial charge in [-0.15, -0.1) is 11.6 Å². The fourth-order valence-electron chi connectivity index (χ4n) is 1.36. The van der Waals surface area contributed by atoms with Crippen LogP contribution in [0, 0.1) is 5.92 Å². The zero-order valence-electron chi connectivity index (χ0n) is 9.13. The summed E-state index contributed by atoms with van der Waals surface area (Å²) < 4.78 is 24.3. The minimum atomic E-state index is -2.33. The highest BCUT2D eigenvalue weighted by molar-refractivity contribution is 6.17. The maximum absolute atomic E-state index is 12.1. The summed E-state index contributed by atoms with van der Waals surface area (Å²) in [5.74, 6) is 1.05. The lowest BCUT2D eigenvalue weighted by atomic mass is 10.1. The summed E-state index contributed by atoms with van der Waals surface area (Å²) in [5.41, 5.74) is 0. The van der Waals surface area contributed by atoms with Crippen LogP contribution in [0.25, 0.3) is 0 Å². The van der Waals surface area contributed by atoms with Gasteiger partial charge in [-0.3, -0.25) is 4.90 Å². The van der Waals surface area contributed by atoms with Crippen LogP contribution in [0.5, 0.6) is 0 Å². The second-order valence-electron chi connectivity index (χ2n) is 3.79. The van der Waals surface area contributed by atoms with Crippen molar-refractivity contribution in [1.29, 1.82) is 0 Å². The number of rotatable bonds is 9. The molecule has 2 nitrogen and oxygen atoms in total. The molecule has 1 N–H and O–H groups in total. The highest BCUT2D eigenvalue weighted by Gasteiger charge is 2.12. The zero-order valence-corrected chi connectivity index (χ0v) is 9.89. The number of halogens is 3. The zero-order chi connectivity index (χ0) is 11.7. The summed E-state index contributed by atoms with van der Waals surface area (Å²) >= 11 is 5.58. The Labute approximate surface area is 95.2 Å². The molecule has 0 radical (unpaired) electrons. The van der Waals surface area contributed by atoms with Crippen LogP contribution in [0.1, 0.15) is 19.8 Å². The normalized spacial score (nSPS) is 13.8. The van der Waals surface area contributed by atoms with E-state index in [9.17, 15) is 8.78 Å². The molecule has 0 spiro atoms. The SMILES string of the molecule is CC(CCCl)CCN(CCO)CC(F)F. The summed E-state index contributed by atoms with van der Waals surface area (Å²) in [6.45, 7) is 2.65. The van der Waals surface area contributed by atoms with E-state index >= 15 is 0 Å². The van der Waals surface area contributed by atoms with Crippen molar-refractivity contribution in [3.05, 3.63) is 0 Å². The van der Waals surface area contributed by atoms with Crippen molar-refractivity contribution < 1.29 is 13.9 Å². The fourth-order valence-corrected chi connectivity index (χ4v) is 1.74. The van der Waals surface area contributed by atoms with E-state index in [1.165, 1.54) is 0 Å². The van der Waals surface area contributed by atoms with E-state index in [1.54, 1.807) is 4.90 Å². The van der Waals surface area contributed by atoms with Crippen molar-refractivity contribution in [1.82, 2.24) is 4.90 Å². The number of hydrogen-bond acceptors (Lipinski definition) is 2. The molecule has 92 valence electrons. The summed E-state index contributed by atoms with van der Waals surface area (Å²) in [4.78, 5) is 1.59. The van der Waals surface area contributed by atoms with E-state index in [2.05, 4.69) is 6.92 Å². The predicted octanol–water partition coefficient (Wildman–Crippen LogP) is 2.20. The average Bonchev–Trinajstić information content (AvgIpc) is 2.14. The van der Waals surface area contributed by atoms with E-state index in [4.69, 9.17) is 16.7 Å². The van der Waals surface area contributed by atoms with Crippen LogP contribution in [0.15, 0.2) is 0 Å². The highest BCUT2D eigenvalue weighted by atomic mass is 35.5. The number of aliphatic hydroxyl groups excluding tert-OH is 1. The molecule has 1 atom stereocenters. The summed E-state index contributed by atoms with van der Waals surface area (Å²) in [6.07, 6.45) is -0.581. The summed E-state index contributed by atoms with van der Waals surface area (Å²) in [6, 6.07) is 0. The largest absolute Gasteiger partial charge is 0.395 e. The number of nitrogens with zero attached hydrogens (tertiary/aromatic N) is 1. The van der Waals surface area contributed by atoms with Crippen LogP contribution in [-0.4, -0.2) is 48.6 Å². The van der Waals surface area contributed by atoms with Gasteiger partial charge < -0.3 is 5.11 Å². The standard InChI is InChI=1S/C10H20ClF2NO/c1-9(2-4-11)3-5-14(6-7-15)8-10(12)13/h9-10,15H,2-8H2,1H3. The molecule has 0 aliphatic rings. The Kier molecular flexibility index (Phi) is 9.35. The molecule has 0 heterocycles. The lowest BCUT2D eigenvalue weighted by Gasteiger charge is -2.22. The molecule has 0 saturated heterocycles. The van der Waals surface area contributed by atoms with Crippen LogP contribution in [-0.2, 0) is 0 Å². The van der Waals surface area contributed by atoms with E-state index in [0.717, 1.165) is 12.8 Å². The second kappa shape index (κ2) is 9.31. The van der Waals surface area contributed by atoms with Gasteiger partial charge in [-0.2, -0.15) is 0 Å². The van der Waals surface area contributed by atoms with Crippen molar-refractivity contribution >= 4 is 11.6 Å². The second-order valence-corrected chi connectivity index (χ2v) is 4.16. The lowest BCUT2D eigenvalue weighted by molar-refractivity contribution is 0.0755. The van der Waals surface area contributed by atoms with Gasteiger partial charge >= 0.3 is 0 Å². The fraction of sp³-hybridized carbons (Fsp3) is 1.00. The van der Waals surface area contributed by atoms with Crippen LogP contribution >= 0.6 is 11.6 Å². The molecule has 1 unspecified atom stereocenters. The number of hydrogen-bond donors (Lipinski definition) is 1. The molecule has 0 aromatic rings. The molecule has 15 heavy (non-hydrogen) atoms. The van der Waals surface area contributed by atoms with Crippen molar-refractivity contribution in [3.8, 4) is 0 Å². The van der Waals surface area contributed by atoms with Gasteiger partial charge in [0, 0.05) is 12.4 Å². The molecule has 0 fully saturated rings. The smallest absolute Gasteiger partial charge is 0.251 e. The Morgan fingerprint density at radius 3 is 2.40 bits per heavy atom. The Morgan fingerprint density at radius 1 is 1.27 bits per heavy atom. The Bertz CT molecular complexity index is 149. The van der Waals surface area contributed by atoms with Crippen LogP contribution in [0.2, 0.25) is 0 Å². The number of alkyl halides is 3. The monoisotopic (exact) mass is 243 g/mol. The van der Waals surface area contributed by atoms with Gasteiger partial charge in [0.1, 0.15) is 0 Å². The van der Waals surface area contributed by atoms with Gasteiger partial charge in [0.05, 0.1) is 13.2 Å². The van der Waals surface area contributed by atoms with Crippen LogP contribution in [0.3, 0.4) is 0 Å². The third-order valence-electron chi connectivity index (χ3n) is 2.35. The molecular formula is C10H20ClF2NO. The minimum absolute atomic E-state index is 0.0728. The molecular weight excluding hydrogens is 224 g/mol. The maximum Gasteiger partial charge on any atom is 0.251 e. The Morgan fingerprint density at radius 2 is 1.93 bits per heavy atom. The van der Waals surface area contributed by atoms with Crippen molar-refractivity contribution in [2.45, 2.75) is 26.2 Å². The van der Waals surface area contributed by atoms with Gasteiger partial charge in [0.25, 0.3) is 6.43 Å². The Balaban J connectivity index is 3.73. The molecule has 0 aliphatic heterocycles. The van der Waals surface area contributed by atoms with Crippen LogP contribution in [0.4, 0.5) is 8.78 Å². The van der Waals surface area contributed by atoms with Gasteiger partial charge in [-0.05, 0) is 25.3 Å². The molecule has 0 bridgehead atoms. The molecule has 5 heteroatoms. The van der Waals surface area contributed by atoms with Gasteiger partial charge in [-0.25, -0.2) is 8.78 Å². The van der Waals surface area contributed by atoms with Crippen molar-refractivity contribution in [2.24, 2.45) is 5.92 Å². The topological polar surface area (TPSA) is 23.5 Å². The van der Waals surface area contributed by atoms with Crippen molar-refractivity contribution in [3.63, 3.8) is 0 Å². The first kappa shape index (κ1) is 15.1. The van der Waals surface area contributed by atoms with E-state index in [1.807, 2.05) is 0 Å². The number of aliphatic hydroxyl groups is 1. The third kappa shape index (κ3) is 9.03. The minimum Gasteiger partial charge on any atom is -0.395 e. The maximum atomic E-state index is 12.1. The first-order chi connectivity index (χ1) is 7.10. The first-order valence-electron chi connectivity index (χ1n) is 5.27. The van der Waals surface area contributed by atoms with E-state index < -0.39 is 6.43 Å². The summed E-state index contributed by atoms with van der Waals surface area (Å²) in [7, 11) is 0. The molecule has 0 aliphatic carbocycles. The highest BCUT2D eigenvalue weighted by Crippen LogP contribution is 2.10.